The van der Waals surface area contributed by atoms with Crippen LogP contribution in [0.2, 0.25) is 0 Å². The highest BCUT2D eigenvalue weighted by Gasteiger charge is 2.22. The average molecular weight is 254 g/mol. The Morgan fingerprint density at radius 1 is 1.22 bits per heavy atom. The summed E-state index contributed by atoms with van der Waals surface area (Å²) in [7, 11) is 0. The van der Waals surface area contributed by atoms with E-state index in [0.717, 1.165) is 12.0 Å². The Hall–Kier alpha value is -1.58. The maximum absolute atomic E-state index is 10.9. The van der Waals surface area contributed by atoms with E-state index < -0.39 is 5.60 Å². The van der Waals surface area contributed by atoms with E-state index in [4.69, 9.17) is 9.47 Å². The first kappa shape index (κ1) is 16.4. The Bertz CT molecular complexity index is 344. The van der Waals surface area contributed by atoms with Crippen LogP contribution in [0.15, 0.2) is 24.3 Å². The Kier molecular flexibility index (Phi) is 7.01. The summed E-state index contributed by atoms with van der Waals surface area (Å²) < 4.78 is 10.1. The lowest BCUT2D eigenvalue weighted by Gasteiger charge is -2.24. The van der Waals surface area contributed by atoms with Crippen LogP contribution < -0.4 is 0 Å². The summed E-state index contributed by atoms with van der Waals surface area (Å²) in [5, 5.41) is 0. The molecular formula is C14H22O4. The number of allylic oxidation sites excluding steroid dienone is 1. The molecule has 0 aromatic carbocycles. The quantitative estimate of drug-likeness (QED) is 0.518. The third kappa shape index (κ3) is 7.65. The van der Waals surface area contributed by atoms with E-state index in [0.29, 0.717) is 13.0 Å². The molecule has 1 atom stereocenters. The number of hydrogen-bond acceptors (Lipinski definition) is 4. The average Bonchev–Trinajstić information content (AvgIpc) is 2.25. The maximum atomic E-state index is 10.9. The van der Waals surface area contributed by atoms with Crippen molar-refractivity contribution in [3.63, 3.8) is 0 Å². The summed E-state index contributed by atoms with van der Waals surface area (Å²) in [5.74, 6) is -0.614. The Balaban J connectivity index is 4.20. The third-order valence-electron chi connectivity index (χ3n) is 2.45. The molecule has 0 aliphatic carbocycles. The molecule has 0 radical (unpaired) electrons. The largest absolute Gasteiger partial charge is 0.461 e. The van der Waals surface area contributed by atoms with Crippen molar-refractivity contribution >= 4 is 11.9 Å². The minimum absolute atomic E-state index is 0.293. The SMILES string of the molecule is C=CC(C)(CC/C=C(\C)COC(C)=O)OC(C)=O. The highest BCUT2D eigenvalue weighted by Crippen LogP contribution is 2.20. The Morgan fingerprint density at radius 3 is 2.28 bits per heavy atom. The van der Waals surface area contributed by atoms with Crippen LogP contribution in [-0.2, 0) is 19.1 Å². The van der Waals surface area contributed by atoms with Gasteiger partial charge >= 0.3 is 11.9 Å². The van der Waals surface area contributed by atoms with Crippen molar-refractivity contribution in [2.24, 2.45) is 0 Å². The van der Waals surface area contributed by atoms with Crippen LogP contribution in [0, 0.1) is 0 Å². The zero-order chi connectivity index (χ0) is 14.2. The van der Waals surface area contributed by atoms with Gasteiger partial charge in [-0.2, -0.15) is 0 Å². The minimum Gasteiger partial charge on any atom is -0.461 e. The molecule has 4 heteroatoms. The number of hydrogen-bond donors (Lipinski definition) is 0. The fourth-order valence-electron chi connectivity index (χ4n) is 1.40. The summed E-state index contributed by atoms with van der Waals surface area (Å²) in [6.07, 6.45) is 4.97. The first-order valence-electron chi connectivity index (χ1n) is 5.91. The third-order valence-corrected chi connectivity index (χ3v) is 2.45. The van der Waals surface area contributed by atoms with Gasteiger partial charge in [0.1, 0.15) is 12.2 Å². The summed E-state index contributed by atoms with van der Waals surface area (Å²) in [6.45, 7) is 10.4. The first-order chi connectivity index (χ1) is 8.29. The summed E-state index contributed by atoms with van der Waals surface area (Å²) in [5.41, 5.74) is 0.323. The maximum Gasteiger partial charge on any atom is 0.303 e. The van der Waals surface area contributed by atoms with Crippen LogP contribution in [0.5, 0.6) is 0 Å². The molecule has 0 aromatic heterocycles. The molecule has 0 bridgehead atoms. The van der Waals surface area contributed by atoms with Crippen LogP contribution in [0.3, 0.4) is 0 Å². The highest BCUT2D eigenvalue weighted by atomic mass is 16.6. The lowest BCUT2D eigenvalue weighted by Crippen LogP contribution is -2.27. The van der Waals surface area contributed by atoms with Crippen molar-refractivity contribution in [1.29, 1.82) is 0 Å². The monoisotopic (exact) mass is 254 g/mol. The fraction of sp³-hybridized carbons (Fsp3) is 0.571. The highest BCUT2D eigenvalue weighted by molar-refractivity contribution is 5.66. The molecule has 0 heterocycles. The molecule has 0 aromatic rings. The molecule has 0 saturated heterocycles. The van der Waals surface area contributed by atoms with Gasteiger partial charge in [0, 0.05) is 13.8 Å². The number of ether oxygens (including phenoxy) is 2. The van der Waals surface area contributed by atoms with Gasteiger partial charge in [-0.25, -0.2) is 0 Å². The number of esters is 2. The number of carbonyl (C=O) groups excluding carboxylic acids is 2. The summed E-state index contributed by atoms with van der Waals surface area (Å²) >= 11 is 0. The van der Waals surface area contributed by atoms with Crippen molar-refractivity contribution in [3.8, 4) is 0 Å². The summed E-state index contributed by atoms with van der Waals surface area (Å²) in [4.78, 5) is 21.6. The van der Waals surface area contributed by atoms with Gasteiger partial charge in [-0.1, -0.05) is 12.7 Å². The standard InChI is InChI=1S/C14H22O4/c1-6-14(5,18-13(4)16)9-7-8-11(2)10-17-12(3)15/h6,8H,1,7,9-10H2,2-5H3/b11-8+. The molecule has 0 aliphatic heterocycles. The van der Waals surface area contributed by atoms with Gasteiger partial charge < -0.3 is 9.47 Å². The van der Waals surface area contributed by atoms with E-state index in [-0.39, 0.29) is 11.9 Å². The van der Waals surface area contributed by atoms with Crippen molar-refractivity contribution in [1.82, 2.24) is 0 Å². The molecule has 0 rings (SSSR count). The molecule has 0 spiro atoms. The molecule has 0 saturated carbocycles. The van der Waals surface area contributed by atoms with Crippen LogP contribution in [0.4, 0.5) is 0 Å². The van der Waals surface area contributed by atoms with Crippen molar-refractivity contribution in [2.75, 3.05) is 6.61 Å². The fourth-order valence-corrected chi connectivity index (χ4v) is 1.40. The van der Waals surface area contributed by atoms with Crippen LogP contribution >= 0.6 is 0 Å². The van der Waals surface area contributed by atoms with E-state index in [9.17, 15) is 9.59 Å². The van der Waals surface area contributed by atoms with Crippen LogP contribution in [0.1, 0.15) is 40.5 Å². The lowest BCUT2D eigenvalue weighted by molar-refractivity contribution is -0.151. The molecule has 4 nitrogen and oxygen atoms in total. The van der Waals surface area contributed by atoms with E-state index in [1.54, 1.807) is 6.08 Å². The van der Waals surface area contributed by atoms with E-state index in [1.165, 1.54) is 13.8 Å². The second-order valence-electron chi connectivity index (χ2n) is 4.48. The van der Waals surface area contributed by atoms with Gasteiger partial charge in [-0.05, 0) is 38.3 Å². The van der Waals surface area contributed by atoms with E-state index in [2.05, 4.69) is 6.58 Å². The Labute approximate surface area is 109 Å². The molecular weight excluding hydrogens is 232 g/mol. The molecule has 0 aliphatic rings. The van der Waals surface area contributed by atoms with Crippen molar-refractivity contribution < 1.29 is 19.1 Å². The van der Waals surface area contributed by atoms with Crippen LogP contribution in [0.25, 0.3) is 0 Å². The smallest absolute Gasteiger partial charge is 0.303 e. The molecule has 0 N–H and O–H groups in total. The molecule has 102 valence electrons. The van der Waals surface area contributed by atoms with Gasteiger partial charge in [0.15, 0.2) is 0 Å². The summed E-state index contributed by atoms with van der Waals surface area (Å²) in [6, 6.07) is 0. The zero-order valence-electron chi connectivity index (χ0n) is 11.6. The molecule has 0 amide bonds. The zero-order valence-corrected chi connectivity index (χ0v) is 11.6. The van der Waals surface area contributed by atoms with Gasteiger partial charge in [0.05, 0.1) is 0 Å². The van der Waals surface area contributed by atoms with Gasteiger partial charge in [0.25, 0.3) is 0 Å². The normalized spacial score (nSPS) is 14.6. The second kappa shape index (κ2) is 7.69. The molecule has 0 fully saturated rings. The van der Waals surface area contributed by atoms with Crippen molar-refractivity contribution in [3.05, 3.63) is 24.3 Å². The predicted octanol–water partition coefficient (Wildman–Crippen LogP) is 2.78. The second-order valence-corrected chi connectivity index (χ2v) is 4.48. The lowest BCUT2D eigenvalue weighted by atomic mass is 9.99. The predicted molar refractivity (Wildman–Crippen MR) is 70.0 cm³/mol. The van der Waals surface area contributed by atoms with E-state index in [1.807, 2.05) is 19.9 Å². The van der Waals surface area contributed by atoms with Gasteiger partial charge in [0.2, 0.25) is 0 Å². The molecule has 18 heavy (non-hydrogen) atoms. The van der Waals surface area contributed by atoms with Gasteiger partial charge in [-0.3, -0.25) is 9.59 Å². The number of rotatable bonds is 7. The topological polar surface area (TPSA) is 52.6 Å². The van der Waals surface area contributed by atoms with Crippen LogP contribution in [-0.4, -0.2) is 24.1 Å². The Morgan fingerprint density at radius 2 is 1.83 bits per heavy atom. The first-order valence-corrected chi connectivity index (χ1v) is 5.91. The van der Waals surface area contributed by atoms with Gasteiger partial charge in [-0.15, -0.1) is 0 Å². The molecule has 1 unspecified atom stereocenters. The van der Waals surface area contributed by atoms with E-state index >= 15 is 0 Å². The minimum atomic E-state index is -0.649. The van der Waals surface area contributed by atoms with Crippen molar-refractivity contribution in [2.45, 2.75) is 46.1 Å². The number of carbonyl (C=O) groups is 2.